The van der Waals surface area contributed by atoms with Crippen molar-refractivity contribution in [3.8, 4) is 22.8 Å². The summed E-state index contributed by atoms with van der Waals surface area (Å²) >= 11 is 0. The molecule has 1 aromatic heterocycles. The maximum Gasteiger partial charge on any atom is 0.231 e. The molecule has 2 aliphatic heterocycles. The molecule has 7 nitrogen and oxygen atoms in total. The molecule has 0 bridgehead atoms. The standard InChI is InChI=1S/C20H24N4O3/c1-2-3-4-20(25)24-11-9-23(10-12-24)19-8-6-16(21-22-19)15-5-7-17-18(13-15)27-14-26-17/h5-8,13H,2-4,9-12,14H2,1H3. The summed E-state index contributed by atoms with van der Waals surface area (Å²) in [6, 6.07) is 9.73. The van der Waals surface area contributed by atoms with Crippen molar-refractivity contribution in [2.24, 2.45) is 0 Å². The number of fused-ring (bicyclic) bond motifs is 1. The summed E-state index contributed by atoms with van der Waals surface area (Å²) in [6.45, 7) is 5.43. The van der Waals surface area contributed by atoms with Gasteiger partial charge in [0.2, 0.25) is 12.7 Å². The fraction of sp³-hybridized carbons (Fsp3) is 0.450. The van der Waals surface area contributed by atoms with Gasteiger partial charge in [-0.3, -0.25) is 4.79 Å². The Morgan fingerprint density at radius 2 is 1.85 bits per heavy atom. The van der Waals surface area contributed by atoms with E-state index in [4.69, 9.17) is 9.47 Å². The number of hydrogen-bond acceptors (Lipinski definition) is 6. The maximum absolute atomic E-state index is 12.1. The Hall–Kier alpha value is -2.83. The van der Waals surface area contributed by atoms with Crippen molar-refractivity contribution in [1.82, 2.24) is 15.1 Å². The van der Waals surface area contributed by atoms with Gasteiger partial charge in [-0.2, -0.15) is 0 Å². The van der Waals surface area contributed by atoms with Gasteiger partial charge in [0, 0.05) is 38.2 Å². The van der Waals surface area contributed by atoms with Crippen molar-refractivity contribution in [3.63, 3.8) is 0 Å². The molecule has 0 N–H and O–H groups in total. The van der Waals surface area contributed by atoms with Crippen LogP contribution in [-0.2, 0) is 4.79 Å². The fourth-order valence-corrected chi connectivity index (χ4v) is 3.37. The van der Waals surface area contributed by atoms with E-state index in [1.807, 2.05) is 35.2 Å². The second kappa shape index (κ2) is 7.82. The lowest BCUT2D eigenvalue weighted by Crippen LogP contribution is -2.49. The summed E-state index contributed by atoms with van der Waals surface area (Å²) in [7, 11) is 0. The topological polar surface area (TPSA) is 67.8 Å². The van der Waals surface area contributed by atoms with E-state index in [1.54, 1.807) is 0 Å². The molecule has 3 heterocycles. The van der Waals surface area contributed by atoms with Crippen molar-refractivity contribution >= 4 is 11.7 Å². The number of benzene rings is 1. The van der Waals surface area contributed by atoms with Gasteiger partial charge in [0.05, 0.1) is 5.69 Å². The van der Waals surface area contributed by atoms with Gasteiger partial charge >= 0.3 is 0 Å². The van der Waals surface area contributed by atoms with Crippen LogP contribution in [0.1, 0.15) is 26.2 Å². The van der Waals surface area contributed by atoms with Gasteiger partial charge in [-0.15, -0.1) is 10.2 Å². The van der Waals surface area contributed by atoms with Crippen LogP contribution in [0, 0.1) is 0 Å². The lowest BCUT2D eigenvalue weighted by atomic mass is 10.1. The van der Waals surface area contributed by atoms with Crippen LogP contribution in [0.25, 0.3) is 11.3 Å². The lowest BCUT2D eigenvalue weighted by Gasteiger charge is -2.35. The second-order valence-corrected chi connectivity index (χ2v) is 6.82. The molecule has 0 spiro atoms. The van der Waals surface area contributed by atoms with Crippen molar-refractivity contribution in [2.45, 2.75) is 26.2 Å². The summed E-state index contributed by atoms with van der Waals surface area (Å²) in [5.41, 5.74) is 1.75. The Morgan fingerprint density at radius 1 is 1.04 bits per heavy atom. The molecule has 7 heteroatoms. The Balaban J connectivity index is 1.38. The third kappa shape index (κ3) is 3.82. The number of rotatable bonds is 5. The quantitative estimate of drug-likeness (QED) is 0.808. The van der Waals surface area contributed by atoms with Gasteiger partial charge in [0.25, 0.3) is 0 Å². The summed E-state index contributed by atoms with van der Waals surface area (Å²) in [5.74, 6) is 2.61. The van der Waals surface area contributed by atoms with Crippen LogP contribution in [0.5, 0.6) is 11.5 Å². The number of aromatic nitrogens is 2. The van der Waals surface area contributed by atoms with E-state index in [9.17, 15) is 4.79 Å². The Morgan fingerprint density at radius 3 is 2.59 bits per heavy atom. The number of piperazine rings is 1. The number of anilines is 1. The minimum atomic E-state index is 0.260. The molecule has 0 atom stereocenters. The van der Waals surface area contributed by atoms with Crippen molar-refractivity contribution in [3.05, 3.63) is 30.3 Å². The van der Waals surface area contributed by atoms with E-state index in [-0.39, 0.29) is 12.7 Å². The zero-order chi connectivity index (χ0) is 18.6. The van der Waals surface area contributed by atoms with E-state index in [0.29, 0.717) is 6.42 Å². The summed E-state index contributed by atoms with van der Waals surface area (Å²) < 4.78 is 10.8. The highest BCUT2D eigenvalue weighted by Crippen LogP contribution is 2.35. The molecule has 0 saturated carbocycles. The van der Waals surface area contributed by atoms with Crippen LogP contribution in [0.4, 0.5) is 5.82 Å². The normalized spacial score (nSPS) is 15.9. The molecular weight excluding hydrogens is 344 g/mol. The molecule has 0 aliphatic carbocycles. The number of carbonyl (C=O) groups excluding carboxylic acids is 1. The average molecular weight is 368 g/mol. The summed E-state index contributed by atoms with van der Waals surface area (Å²) in [4.78, 5) is 16.3. The Kier molecular flexibility index (Phi) is 5.09. The summed E-state index contributed by atoms with van der Waals surface area (Å²) in [5, 5.41) is 8.77. The molecule has 2 aromatic rings. The number of ether oxygens (including phenoxy) is 2. The molecule has 4 rings (SSSR count). The van der Waals surface area contributed by atoms with Gasteiger partial charge in [-0.1, -0.05) is 13.3 Å². The summed E-state index contributed by atoms with van der Waals surface area (Å²) in [6.07, 6.45) is 2.67. The highest BCUT2D eigenvalue weighted by atomic mass is 16.7. The van der Waals surface area contributed by atoms with Crippen molar-refractivity contribution in [2.75, 3.05) is 37.9 Å². The van der Waals surface area contributed by atoms with Crippen LogP contribution < -0.4 is 14.4 Å². The molecule has 27 heavy (non-hydrogen) atoms. The minimum absolute atomic E-state index is 0.260. The molecule has 2 aliphatic rings. The monoisotopic (exact) mass is 368 g/mol. The van der Waals surface area contributed by atoms with Gasteiger partial charge in [0.1, 0.15) is 0 Å². The van der Waals surface area contributed by atoms with Crippen molar-refractivity contribution in [1.29, 1.82) is 0 Å². The fourth-order valence-electron chi connectivity index (χ4n) is 3.37. The van der Waals surface area contributed by atoms with E-state index in [0.717, 1.165) is 67.6 Å². The average Bonchev–Trinajstić information content (AvgIpc) is 3.20. The first-order valence-corrected chi connectivity index (χ1v) is 9.51. The molecular formula is C20H24N4O3. The first-order valence-electron chi connectivity index (χ1n) is 9.51. The highest BCUT2D eigenvalue weighted by molar-refractivity contribution is 5.76. The predicted molar refractivity (Wildman–Crippen MR) is 102 cm³/mol. The van der Waals surface area contributed by atoms with Gasteiger partial charge in [-0.25, -0.2) is 0 Å². The third-order valence-corrected chi connectivity index (χ3v) is 5.02. The molecule has 142 valence electrons. The molecule has 1 amide bonds. The predicted octanol–water partition coefficient (Wildman–Crippen LogP) is 2.71. The van der Waals surface area contributed by atoms with Gasteiger partial charge in [-0.05, 0) is 36.8 Å². The highest BCUT2D eigenvalue weighted by Gasteiger charge is 2.22. The second-order valence-electron chi connectivity index (χ2n) is 6.82. The van der Waals surface area contributed by atoms with Crippen LogP contribution in [0.2, 0.25) is 0 Å². The smallest absolute Gasteiger partial charge is 0.231 e. The van der Waals surface area contributed by atoms with Gasteiger partial charge in [0.15, 0.2) is 17.3 Å². The Bertz CT molecular complexity index is 801. The number of nitrogens with zero attached hydrogens (tertiary/aromatic N) is 4. The van der Waals surface area contributed by atoms with E-state index < -0.39 is 0 Å². The number of hydrogen-bond donors (Lipinski definition) is 0. The number of amides is 1. The molecule has 1 fully saturated rings. The molecule has 0 radical (unpaired) electrons. The molecule has 1 aromatic carbocycles. The SMILES string of the molecule is CCCCC(=O)N1CCN(c2ccc(-c3ccc4c(c3)OCO4)nn2)CC1. The number of unbranched alkanes of at least 4 members (excludes halogenated alkanes) is 1. The van der Waals surface area contributed by atoms with Crippen LogP contribution in [0.15, 0.2) is 30.3 Å². The Labute approximate surface area is 158 Å². The van der Waals surface area contributed by atoms with E-state index >= 15 is 0 Å². The zero-order valence-electron chi connectivity index (χ0n) is 15.6. The first kappa shape index (κ1) is 17.6. The maximum atomic E-state index is 12.1. The van der Waals surface area contributed by atoms with Crippen LogP contribution in [-0.4, -0.2) is 54.0 Å². The zero-order valence-corrected chi connectivity index (χ0v) is 15.6. The van der Waals surface area contributed by atoms with Gasteiger partial charge < -0.3 is 19.3 Å². The number of carbonyl (C=O) groups is 1. The molecule has 0 unspecified atom stereocenters. The molecule has 1 saturated heterocycles. The van der Waals surface area contributed by atoms with E-state index in [1.165, 1.54) is 0 Å². The van der Waals surface area contributed by atoms with Crippen molar-refractivity contribution < 1.29 is 14.3 Å². The van der Waals surface area contributed by atoms with E-state index in [2.05, 4.69) is 22.0 Å². The minimum Gasteiger partial charge on any atom is -0.454 e. The van der Waals surface area contributed by atoms with Crippen LogP contribution >= 0.6 is 0 Å². The third-order valence-electron chi connectivity index (χ3n) is 5.02. The lowest BCUT2D eigenvalue weighted by molar-refractivity contribution is -0.131. The van der Waals surface area contributed by atoms with Crippen LogP contribution in [0.3, 0.4) is 0 Å². The largest absolute Gasteiger partial charge is 0.454 e. The first-order chi connectivity index (χ1) is 13.2.